The summed E-state index contributed by atoms with van der Waals surface area (Å²) in [6.07, 6.45) is 0.542. The molecule has 0 bridgehead atoms. The molecular formula is C13H17FN2OS. The van der Waals surface area contributed by atoms with Gasteiger partial charge in [-0.25, -0.2) is 4.39 Å². The van der Waals surface area contributed by atoms with Crippen molar-refractivity contribution in [1.29, 1.82) is 0 Å². The number of thiocarbonyl (C=S) groups is 1. The Labute approximate surface area is 112 Å². The van der Waals surface area contributed by atoms with Gasteiger partial charge in [-0.05, 0) is 31.5 Å². The lowest BCUT2D eigenvalue weighted by molar-refractivity contribution is -0.120. The number of anilines is 1. The van der Waals surface area contributed by atoms with Crippen molar-refractivity contribution in [3.05, 3.63) is 30.1 Å². The molecule has 2 N–H and O–H groups in total. The average molecular weight is 268 g/mol. The number of benzene rings is 1. The third-order valence-corrected chi connectivity index (χ3v) is 3.04. The summed E-state index contributed by atoms with van der Waals surface area (Å²) in [6, 6.07) is 5.93. The first-order chi connectivity index (χ1) is 8.51. The lowest BCUT2D eigenvalue weighted by Gasteiger charge is -2.25. The van der Waals surface area contributed by atoms with Gasteiger partial charge in [-0.15, -0.1) is 0 Å². The summed E-state index contributed by atoms with van der Waals surface area (Å²) in [5, 5.41) is 0. The van der Waals surface area contributed by atoms with Gasteiger partial charge < -0.3 is 10.6 Å². The van der Waals surface area contributed by atoms with E-state index in [9.17, 15) is 9.18 Å². The molecular weight excluding hydrogens is 251 g/mol. The molecule has 1 amide bonds. The summed E-state index contributed by atoms with van der Waals surface area (Å²) in [4.78, 5) is 14.0. The minimum atomic E-state index is -0.497. The highest BCUT2D eigenvalue weighted by Gasteiger charge is 2.25. The molecule has 1 aromatic rings. The van der Waals surface area contributed by atoms with Crippen molar-refractivity contribution >= 4 is 28.8 Å². The van der Waals surface area contributed by atoms with Crippen LogP contribution in [0, 0.1) is 11.7 Å². The van der Waals surface area contributed by atoms with Gasteiger partial charge in [-0.1, -0.05) is 25.2 Å². The smallest absolute Gasteiger partial charge is 0.236 e. The minimum Gasteiger partial charge on any atom is -0.393 e. The zero-order valence-electron chi connectivity index (χ0n) is 10.5. The second-order valence-electron chi connectivity index (χ2n) is 3.93. The number of nitrogens with zero attached hydrogens (tertiary/aromatic N) is 1. The van der Waals surface area contributed by atoms with Gasteiger partial charge in [0.2, 0.25) is 5.91 Å². The van der Waals surface area contributed by atoms with E-state index in [0.29, 0.717) is 18.7 Å². The number of amides is 1. The minimum absolute atomic E-state index is 0.178. The molecule has 3 nitrogen and oxygen atoms in total. The maximum Gasteiger partial charge on any atom is 0.236 e. The fourth-order valence-corrected chi connectivity index (χ4v) is 2.06. The standard InChI is InChI=1S/C13H17FN2OS/c1-3-11(12(15)18)13(17)16(4-2)10-7-5-6-9(14)8-10/h5-8,11H,3-4H2,1-2H3,(H2,15,18). The van der Waals surface area contributed by atoms with Crippen LogP contribution in [0.3, 0.4) is 0 Å². The predicted octanol–water partition coefficient (Wildman–Crippen LogP) is 2.49. The zero-order valence-corrected chi connectivity index (χ0v) is 11.3. The normalized spacial score (nSPS) is 11.9. The van der Waals surface area contributed by atoms with Crippen LogP contribution < -0.4 is 10.6 Å². The maximum absolute atomic E-state index is 13.2. The van der Waals surface area contributed by atoms with Crippen molar-refractivity contribution in [2.24, 2.45) is 11.7 Å². The van der Waals surface area contributed by atoms with Crippen LogP contribution in [-0.4, -0.2) is 17.4 Å². The second kappa shape index (κ2) is 6.44. The van der Waals surface area contributed by atoms with E-state index in [1.807, 2.05) is 13.8 Å². The van der Waals surface area contributed by atoms with Crippen molar-refractivity contribution in [3.8, 4) is 0 Å². The Morgan fingerprint density at radius 3 is 2.61 bits per heavy atom. The SMILES string of the molecule is CCC(C(=O)N(CC)c1cccc(F)c1)C(N)=S. The quantitative estimate of drug-likeness (QED) is 0.835. The van der Waals surface area contributed by atoms with Crippen LogP contribution >= 0.6 is 12.2 Å². The lowest BCUT2D eigenvalue weighted by Crippen LogP contribution is -2.41. The summed E-state index contributed by atoms with van der Waals surface area (Å²) < 4.78 is 13.2. The van der Waals surface area contributed by atoms with Crippen LogP contribution in [0.2, 0.25) is 0 Å². The molecule has 0 heterocycles. The Morgan fingerprint density at radius 1 is 1.50 bits per heavy atom. The molecule has 5 heteroatoms. The van der Waals surface area contributed by atoms with E-state index in [1.165, 1.54) is 17.0 Å². The third-order valence-electron chi connectivity index (χ3n) is 2.75. The van der Waals surface area contributed by atoms with Crippen molar-refractivity contribution in [3.63, 3.8) is 0 Å². The molecule has 0 saturated heterocycles. The second-order valence-corrected chi connectivity index (χ2v) is 4.40. The molecule has 18 heavy (non-hydrogen) atoms. The number of rotatable bonds is 5. The van der Waals surface area contributed by atoms with E-state index >= 15 is 0 Å². The molecule has 0 fully saturated rings. The molecule has 0 spiro atoms. The molecule has 0 saturated carbocycles. The first kappa shape index (κ1) is 14.6. The summed E-state index contributed by atoms with van der Waals surface area (Å²) in [5.41, 5.74) is 6.08. The van der Waals surface area contributed by atoms with Crippen LogP contribution in [0.4, 0.5) is 10.1 Å². The molecule has 0 aliphatic heterocycles. The van der Waals surface area contributed by atoms with Gasteiger partial charge in [0, 0.05) is 12.2 Å². The molecule has 0 radical (unpaired) electrons. The van der Waals surface area contributed by atoms with E-state index in [1.54, 1.807) is 12.1 Å². The number of carbonyl (C=O) groups excluding carboxylic acids is 1. The average Bonchev–Trinajstić information content (AvgIpc) is 2.30. The number of carbonyl (C=O) groups is 1. The van der Waals surface area contributed by atoms with E-state index in [2.05, 4.69) is 0 Å². The fraction of sp³-hybridized carbons (Fsp3) is 0.385. The Hall–Kier alpha value is -1.49. The first-order valence-electron chi connectivity index (χ1n) is 5.87. The Balaban J connectivity index is 3.03. The Kier molecular flexibility index (Phi) is 5.22. The van der Waals surface area contributed by atoms with Gasteiger partial charge in [0.25, 0.3) is 0 Å². The molecule has 1 rings (SSSR count). The lowest BCUT2D eigenvalue weighted by atomic mass is 10.0. The molecule has 1 atom stereocenters. The van der Waals surface area contributed by atoms with Crippen LogP contribution in [0.15, 0.2) is 24.3 Å². The summed E-state index contributed by atoms with van der Waals surface area (Å²) in [5.74, 6) is -1.05. The van der Waals surface area contributed by atoms with E-state index in [-0.39, 0.29) is 16.7 Å². The molecule has 0 aromatic heterocycles. The first-order valence-corrected chi connectivity index (χ1v) is 6.28. The van der Waals surface area contributed by atoms with Crippen molar-refractivity contribution in [2.45, 2.75) is 20.3 Å². The van der Waals surface area contributed by atoms with Gasteiger partial charge in [-0.3, -0.25) is 4.79 Å². The van der Waals surface area contributed by atoms with Gasteiger partial charge in [0.1, 0.15) is 5.82 Å². The van der Waals surface area contributed by atoms with Gasteiger partial charge in [-0.2, -0.15) is 0 Å². The number of nitrogens with two attached hydrogens (primary N) is 1. The molecule has 0 aliphatic rings. The number of hydrogen-bond acceptors (Lipinski definition) is 2. The van der Waals surface area contributed by atoms with E-state index in [0.717, 1.165) is 0 Å². The topological polar surface area (TPSA) is 46.3 Å². The number of halogens is 1. The Bertz CT molecular complexity index is 450. The molecule has 0 aliphatic carbocycles. The van der Waals surface area contributed by atoms with Crippen LogP contribution in [0.25, 0.3) is 0 Å². The largest absolute Gasteiger partial charge is 0.393 e. The van der Waals surface area contributed by atoms with E-state index < -0.39 is 5.92 Å². The van der Waals surface area contributed by atoms with E-state index in [4.69, 9.17) is 18.0 Å². The fourth-order valence-electron chi connectivity index (χ4n) is 1.80. The molecule has 1 aromatic carbocycles. The molecule has 1 unspecified atom stereocenters. The highest BCUT2D eigenvalue weighted by Crippen LogP contribution is 2.19. The van der Waals surface area contributed by atoms with Crippen LogP contribution in [0.1, 0.15) is 20.3 Å². The van der Waals surface area contributed by atoms with Gasteiger partial charge >= 0.3 is 0 Å². The Morgan fingerprint density at radius 2 is 2.17 bits per heavy atom. The monoisotopic (exact) mass is 268 g/mol. The third kappa shape index (κ3) is 3.26. The van der Waals surface area contributed by atoms with Crippen molar-refractivity contribution in [2.75, 3.05) is 11.4 Å². The number of hydrogen-bond donors (Lipinski definition) is 1. The summed E-state index contributed by atoms with van der Waals surface area (Å²) >= 11 is 4.89. The van der Waals surface area contributed by atoms with Crippen molar-refractivity contribution in [1.82, 2.24) is 0 Å². The van der Waals surface area contributed by atoms with Crippen molar-refractivity contribution < 1.29 is 9.18 Å². The summed E-state index contributed by atoms with van der Waals surface area (Å²) in [7, 11) is 0. The van der Waals surface area contributed by atoms with Gasteiger partial charge in [0.05, 0.1) is 10.9 Å². The highest BCUT2D eigenvalue weighted by molar-refractivity contribution is 7.80. The van der Waals surface area contributed by atoms with Crippen LogP contribution in [-0.2, 0) is 4.79 Å². The zero-order chi connectivity index (χ0) is 13.7. The predicted molar refractivity (Wildman–Crippen MR) is 75.0 cm³/mol. The maximum atomic E-state index is 13.2. The summed E-state index contributed by atoms with van der Waals surface area (Å²) in [6.45, 7) is 4.12. The van der Waals surface area contributed by atoms with Crippen LogP contribution in [0.5, 0.6) is 0 Å². The molecule has 98 valence electrons. The van der Waals surface area contributed by atoms with Gasteiger partial charge in [0.15, 0.2) is 0 Å². The highest BCUT2D eigenvalue weighted by atomic mass is 32.1.